The number of hydrogen-bond acceptors (Lipinski definition) is 5. The molecule has 2 aliphatic rings. The van der Waals surface area contributed by atoms with Crippen LogP contribution in [0.1, 0.15) is 31.2 Å². The van der Waals surface area contributed by atoms with Gasteiger partial charge >= 0.3 is 0 Å². The van der Waals surface area contributed by atoms with Crippen LogP contribution in [0, 0.1) is 5.82 Å². The molecule has 7 nitrogen and oxygen atoms in total. The number of carbonyl (C=O) groups excluding carboxylic acids is 1. The van der Waals surface area contributed by atoms with E-state index in [2.05, 4.69) is 10.0 Å². The lowest BCUT2D eigenvalue weighted by Gasteiger charge is -2.36. The maximum Gasteiger partial charge on any atom is 0.240 e. The van der Waals surface area contributed by atoms with Gasteiger partial charge < -0.3 is 14.8 Å². The molecule has 2 aromatic carbocycles. The summed E-state index contributed by atoms with van der Waals surface area (Å²) in [7, 11) is -2.25. The zero-order valence-corrected chi connectivity index (χ0v) is 18.0. The molecule has 9 heteroatoms. The van der Waals surface area contributed by atoms with Crippen LogP contribution < -0.4 is 14.8 Å². The van der Waals surface area contributed by atoms with Crippen molar-refractivity contribution in [2.24, 2.45) is 0 Å². The number of hydrogen-bond donors (Lipinski definition) is 2. The predicted octanol–water partition coefficient (Wildman–Crippen LogP) is 2.96. The zero-order chi connectivity index (χ0) is 22.1. The van der Waals surface area contributed by atoms with Gasteiger partial charge in [-0.2, -0.15) is 0 Å². The number of carbonyl (C=O) groups is 1. The molecule has 2 aromatic rings. The van der Waals surface area contributed by atoms with Gasteiger partial charge in [-0.05, 0) is 61.6 Å². The molecule has 1 saturated heterocycles. The summed E-state index contributed by atoms with van der Waals surface area (Å²) in [5.74, 6) is -0.348. The molecule has 31 heavy (non-hydrogen) atoms. The van der Waals surface area contributed by atoms with Gasteiger partial charge in [0.05, 0.1) is 23.1 Å². The van der Waals surface area contributed by atoms with Gasteiger partial charge in [0.15, 0.2) is 0 Å². The summed E-state index contributed by atoms with van der Waals surface area (Å²) < 4.78 is 52.1. The van der Waals surface area contributed by atoms with Gasteiger partial charge in [0.25, 0.3) is 0 Å². The van der Waals surface area contributed by atoms with E-state index in [4.69, 9.17) is 9.47 Å². The highest BCUT2D eigenvalue weighted by Crippen LogP contribution is 2.38. The van der Waals surface area contributed by atoms with Crippen LogP contribution >= 0.6 is 0 Å². The molecule has 0 atom stereocenters. The van der Waals surface area contributed by atoms with Crippen LogP contribution in [0.15, 0.2) is 47.4 Å². The van der Waals surface area contributed by atoms with Gasteiger partial charge in [-0.1, -0.05) is 12.1 Å². The lowest BCUT2D eigenvalue weighted by atomic mass is 9.73. The molecular weight excluding hydrogens is 423 g/mol. The topological polar surface area (TPSA) is 93.7 Å². The van der Waals surface area contributed by atoms with E-state index in [1.165, 1.54) is 37.4 Å². The average Bonchev–Trinajstić information content (AvgIpc) is 3.58. The maximum atomic E-state index is 13.5. The van der Waals surface area contributed by atoms with E-state index in [0.717, 1.165) is 12.8 Å². The van der Waals surface area contributed by atoms with Crippen molar-refractivity contribution >= 4 is 21.6 Å². The third-order valence-corrected chi connectivity index (χ3v) is 7.32. The van der Waals surface area contributed by atoms with Gasteiger partial charge in [0.2, 0.25) is 15.9 Å². The van der Waals surface area contributed by atoms with E-state index in [9.17, 15) is 17.6 Å². The summed E-state index contributed by atoms with van der Waals surface area (Å²) in [6.45, 7) is 0.781. The van der Waals surface area contributed by atoms with E-state index >= 15 is 0 Å². The first-order valence-electron chi connectivity index (χ1n) is 10.2. The number of amides is 1. The molecule has 1 aliphatic carbocycles. The molecule has 0 radical (unpaired) electrons. The summed E-state index contributed by atoms with van der Waals surface area (Å²) in [6.07, 6.45) is 2.49. The Bertz CT molecular complexity index is 1060. The van der Waals surface area contributed by atoms with Gasteiger partial charge in [0, 0.05) is 19.3 Å². The van der Waals surface area contributed by atoms with E-state index in [-0.39, 0.29) is 28.3 Å². The fraction of sp³-hybridized carbons (Fsp3) is 0.409. The molecule has 1 amide bonds. The van der Waals surface area contributed by atoms with E-state index < -0.39 is 15.4 Å². The Morgan fingerprint density at radius 3 is 2.42 bits per heavy atom. The molecule has 1 heterocycles. The van der Waals surface area contributed by atoms with E-state index in [0.29, 0.717) is 37.4 Å². The minimum Gasteiger partial charge on any atom is -0.495 e. The number of methoxy groups -OCH3 is 1. The molecule has 1 saturated carbocycles. The number of benzene rings is 2. The minimum absolute atomic E-state index is 0.0332. The molecule has 2 fully saturated rings. The highest BCUT2D eigenvalue weighted by Gasteiger charge is 2.42. The SMILES string of the molecule is COc1ccc(S(=O)(=O)NC2CC2)cc1NC(=O)C1(c2ccc(F)cc2)CCOCC1. The Balaban J connectivity index is 1.66. The lowest BCUT2D eigenvalue weighted by Crippen LogP contribution is -2.45. The Morgan fingerprint density at radius 2 is 1.81 bits per heavy atom. The number of nitrogens with one attached hydrogen (secondary N) is 2. The zero-order valence-electron chi connectivity index (χ0n) is 17.2. The van der Waals surface area contributed by atoms with Gasteiger partial charge in [-0.15, -0.1) is 0 Å². The minimum atomic E-state index is -3.70. The van der Waals surface area contributed by atoms with Gasteiger partial charge in [0.1, 0.15) is 11.6 Å². The summed E-state index contributed by atoms with van der Waals surface area (Å²) in [5, 5.41) is 2.86. The maximum absolute atomic E-state index is 13.5. The van der Waals surface area contributed by atoms with Crippen LogP contribution in [0.3, 0.4) is 0 Å². The second-order valence-corrected chi connectivity index (χ2v) is 9.63. The van der Waals surface area contributed by atoms with Crippen LogP contribution in [0.2, 0.25) is 0 Å². The summed E-state index contributed by atoms with van der Waals surface area (Å²) in [4.78, 5) is 13.6. The first-order chi connectivity index (χ1) is 14.8. The Morgan fingerprint density at radius 1 is 1.13 bits per heavy atom. The first kappa shape index (κ1) is 21.7. The number of sulfonamides is 1. The molecule has 0 aromatic heterocycles. The van der Waals surface area contributed by atoms with Crippen molar-refractivity contribution in [1.29, 1.82) is 0 Å². The third kappa shape index (κ3) is 4.58. The third-order valence-electron chi connectivity index (χ3n) is 5.81. The molecule has 1 aliphatic heterocycles. The van der Waals surface area contributed by atoms with Crippen molar-refractivity contribution in [2.75, 3.05) is 25.6 Å². The van der Waals surface area contributed by atoms with Crippen LogP contribution in [0.5, 0.6) is 5.75 Å². The van der Waals surface area contributed by atoms with Gasteiger partial charge in [-0.25, -0.2) is 17.5 Å². The molecule has 0 spiro atoms. The van der Waals surface area contributed by atoms with E-state index in [1.807, 2.05) is 0 Å². The Labute approximate surface area is 181 Å². The second kappa shape index (κ2) is 8.57. The largest absolute Gasteiger partial charge is 0.495 e. The molecule has 0 unspecified atom stereocenters. The predicted molar refractivity (Wildman–Crippen MR) is 113 cm³/mol. The number of rotatable bonds is 7. The molecule has 0 bridgehead atoms. The van der Waals surface area contributed by atoms with E-state index in [1.54, 1.807) is 12.1 Å². The first-order valence-corrected chi connectivity index (χ1v) is 11.7. The Hall–Kier alpha value is -2.49. The summed E-state index contributed by atoms with van der Waals surface area (Å²) in [6, 6.07) is 10.2. The Kier molecular flexibility index (Phi) is 6.00. The summed E-state index contributed by atoms with van der Waals surface area (Å²) >= 11 is 0. The average molecular weight is 449 g/mol. The highest BCUT2D eigenvalue weighted by atomic mass is 32.2. The van der Waals surface area contributed by atoms with Crippen molar-refractivity contribution in [3.63, 3.8) is 0 Å². The van der Waals surface area contributed by atoms with Crippen molar-refractivity contribution < 1.29 is 27.1 Å². The lowest BCUT2D eigenvalue weighted by molar-refractivity contribution is -0.125. The number of ether oxygens (including phenoxy) is 2. The van der Waals surface area contributed by atoms with Crippen LogP contribution in [0.25, 0.3) is 0 Å². The standard InChI is InChI=1S/C22H25FN2O5S/c1-29-20-9-8-18(31(27,28)25-17-6-7-17)14-19(20)24-21(26)22(10-12-30-13-11-22)15-2-4-16(23)5-3-15/h2-5,8-9,14,17,25H,6-7,10-13H2,1H3,(H,24,26). The normalized spacial score (nSPS) is 18.4. The van der Waals surface area contributed by atoms with Crippen molar-refractivity contribution in [1.82, 2.24) is 4.72 Å². The van der Waals surface area contributed by atoms with Crippen LogP contribution in [-0.4, -0.2) is 40.7 Å². The monoisotopic (exact) mass is 448 g/mol. The van der Waals surface area contributed by atoms with Crippen LogP contribution in [-0.2, 0) is 25.0 Å². The van der Waals surface area contributed by atoms with Crippen molar-refractivity contribution in [2.45, 2.75) is 42.0 Å². The molecule has 166 valence electrons. The second-order valence-electron chi connectivity index (χ2n) is 7.91. The quantitative estimate of drug-likeness (QED) is 0.679. The van der Waals surface area contributed by atoms with Crippen LogP contribution in [0.4, 0.5) is 10.1 Å². The summed E-state index contributed by atoms with van der Waals surface area (Å²) in [5.41, 5.74) is 0.0324. The molecule has 2 N–H and O–H groups in total. The molecular formula is C22H25FN2O5S. The number of halogens is 1. The highest BCUT2D eigenvalue weighted by molar-refractivity contribution is 7.89. The van der Waals surface area contributed by atoms with Gasteiger partial charge in [-0.3, -0.25) is 4.79 Å². The fourth-order valence-corrected chi connectivity index (χ4v) is 5.15. The van der Waals surface area contributed by atoms with Crippen molar-refractivity contribution in [3.8, 4) is 5.75 Å². The molecule has 4 rings (SSSR count). The smallest absolute Gasteiger partial charge is 0.240 e. The number of anilines is 1. The van der Waals surface area contributed by atoms with Crippen molar-refractivity contribution in [3.05, 3.63) is 53.8 Å². The fourth-order valence-electron chi connectivity index (χ4n) is 3.82.